The Labute approximate surface area is 54.8 Å². The minimum absolute atomic E-state index is 0.114. The molecule has 1 unspecified atom stereocenters. The number of rotatable bonds is 1. The van der Waals surface area contributed by atoms with Gasteiger partial charge in [0.05, 0.1) is 12.2 Å². The van der Waals surface area contributed by atoms with Crippen molar-refractivity contribution in [3.63, 3.8) is 0 Å². The van der Waals surface area contributed by atoms with Gasteiger partial charge in [0.25, 0.3) is 0 Å². The summed E-state index contributed by atoms with van der Waals surface area (Å²) in [5.74, 6) is 0. The minimum Gasteiger partial charge on any atom is -0.393 e. The molecule has 0 bridgehead atoms. The normalized spacial score (nSPS) is 34.9. The van der Waals surface area contributed by atoms with Crippen LogP contribution in [0.2, 0.25) is 0 Å². The predicted octanol–water partition coefficient (Wildman–Crippen LogP) is 0.450. The molecule has 0 fully saturated rings. The maximum Gasteiger partial charge on any atom is 0.0914 e. The molecule has 2 heteroatoms. The fourth-order valence-corrected chi connectivity index (χ4v) is 1.02. The zero-order valence-electron chi connectivity index (χ0n) is 5.38. The van der Waals surface area contributed by atoms with Gasteiger partial charge in [-0.1, -0.05) is 12.2 Å². The van der Waals surface area contributed by atoms with E-state index in [-0.39, 0.29) is 6.61 Å². The zero-order chi connectivity index (χ0) is 6.74. The second kappa shape index (κ2) is 2.50. The van der Waals surface area contributed by atoms with Crippen molar-refractivity contribution in [3.8, 4) is 0 Å². The van der Waals surface area contributed by atoms with E-state index in [1.54, 1.807) is 0 Å². The second-order valence-electron chi connectivity index (χ2n) is 2.60. The number of allylic oxidation sites excluding steroid dienone is 1. The lowest BCUT2D eigenvalue weighted by atomic mass is 9.90. The van der Waals surface area contributed by atoms with E-state index in [4.69, 9.17) is 5.11 Å². The maximum atomic E-state index is 9.38. The molecule has 1 aliphatic rings. The summed E-state index contributed by atoms with van der Waals surface area (Å²) >= 11 is 0. The molecule has 0 aliphatic heterocycles. The monoisotopic (exact) mass is 128 g/mol. The van der Waals surface area contributed by atoms with Crippen molar-refractivity contribution in [2.45, 2.75) is 24.9 Å². The Kier molecular flexibility index (Phi) is 1.88. The molecule has 52 valence electrons. The Balaban J connectivity index is 2.50. The molecule has 0 radical (unpaired) electrons. The van der Waals surface area contributed by atoms with E-state index in [1.807, 2.05) is 12.2 Å². The average molecular weight is 128 g/mol. The molecule has 0 heterocycles. The van der Waals surface area contributed by atoms with Crippen molar-refractivity contribution in [2.24, 2.45) is 0 Å². The van der Waals surface area contributed by atoms with Crippen molar-refractivity contribution in [1.82, 2.24) is 0 Å². The number of hydrogen-bond donors (Lipinski definition) is 2. The van der Waals surface area contributed by atoms with E-state index in [0.717, 1.165) is 6.42 Å². The topological polar surface area (TPSA) is 40.5 Å². The van der Waals surface area contributed by atoms with Crippen LogP contribution in [0.15, 0.2) is 12.2 Å². The molecule has 9 heavy (non-hydrogen) atoms. The summed E-state index contributed by atoms with van der Waals surface area (Å²) in [4.78, 5) is 0. The van der Waals surface area contributed by atoms with Gasteiger partial charge in [-0.05, 0) is 19.3 Å². The van der Waals surface area contributed by atoms with Gasteiger partial charge in [-0.15, -0.1) is 0 Å². The molecule has 0 saturated carbocycles. The number of aliphatic hydroxyl groups is 2. The summed E-state index contributed by atoms with van der Waals surface area (Å²) in [6.45, 7) is -0.114. The molecule has 1 rings (SSSR count). The molecule has 2 N–H and O–H groups in total. The predicted molar refractivity (Wildman–Crippen MR) is 35.0 cm³/mol. The summed E-state index contributed by atoms with van der Waals surface area (Å²) in [5.41, 5.74) is -0.811. The van der Waals surface area contributed by atoms with Crippen molar-refractivity contribution in [1.29, 1.82) is 0 Å². The van der Waals surface area contributed by atoms with Gasteiger partial charge in [0.2, 0.25) is 0 Å². The summed E-state index contributed by atoms with van der Waals surface area (Å²) < 4.78 is 0. The van der Waals surface area contributed by atoms with E-state index in [1.165, 1.54) is 0 Å². The Morgan fingerprint density at radius 1 is 1.44 bits per heavy atom. The molecule has 0 saturated heterocycles. The van der Waals surface area contributed by atoms with Crippen LogP contribution in [0.25, 0.3) is 0 Å². The summed E-state index contributed by atoms with van der Waals surface area (Å²) in [6.07, 6.45) is 6.13. The first-order chi connectivity index (χ1) is 4.27. The first-order valence-electron chi connectivity index (χ1n) is 3.25. The van der Waals surface area contributed by atoms with Gasteiger partial charge in [0, 0.05) is 0 Å². The Morgan fingerprint density at radius 2 is 2.22 bits per heavy atom. The van der Waals surface area contributed by atoms with Gasteiger partial charge in [-0.25, -0.2) is 0 Å². The highest BCUT2D eigenvalue weighted by molar-refractivity contribution is 4.97. The standard InChI is InChI=1S/C7H12O2/c8-6-7(9)4-2-1-3-5-7/h1-2,8-9H,3-6H2. The van der Waals surface area contributed by atoms with Crippen LogP contribution in [-0.4, -0.2) is 22.4 Å². The van der Waals surface area contributed by atoms with E-state index in [9.17, 15) is 5.11 Å². The fraction of sp³-hybridized carbons (Fsp3) is 0.714. The van der Waals surface area contributed by atoms with Crippen LogP contribution in [0.3, 0.4) is 0 Å². The Morgan fingerprint density at radius 3 is 2.56 bits per heavy atom. The SMILES string of the molecule is OCC1(O)CC=CCC1. The Hall–Kier alpha value is -0.340. The van der Waals surface area contributed by atoms with E-state index in [2.05, 4.69) is 0 Å². The zero-order valence-corrected chi connectivity index (χ0v) is 5.38. The Bertz CT molecular complexity index is 120. The van der Waals surface area contributed by atoms with Crippen LogP contribution in [0.5, 0.6) is 0 Å². The molecule has 1 atom stereocenters. The lowest BCUT2D eigenvalue weighted by Gasteiger charge is -2.26. The van der Waals surface area contributed by atoms with E-state index in [0.29, 0.717) is 12.8 Å². The van der Waals surface area contributed by atoms with Crippen molar-refractivity contribution >= 4 is 0 Å². The third kappa shape index (κ3) is 1.53. The first kappa shape index (κ1) is 6.78. The van der Waals surface area contributed by atoms with Gasteiger partial charge in [0.15, 0.2) is 0 Å². The lowest BCUT2D eigenvalue weighted by Crippen LogP contribution is -2.33. The maximum absolute atomic E-state index is 9.38. The first-order valence-corrected chi connectivity index (χ1v) is 3.25. The highest BCUT2D eigenvalue weighted by Crippen LogP contribution is 2.21. The van der Waals surface area contributed by atoms with Crippen molar-refractivity contribution in [2.75, 3.05) is 6.61 Å². The molecule has 0 aromatic rings. The highest BCUT2D eigenvalue weighted by atomic mass is 16.3. The molecular weight excluding hydrogens is 116 g/mol. The molecular formula is C7H12O2. The van der Waals surface area contributed by atoms with Crippen LogP contribution in [0.1, 0.15) is 19.3 Å². The van der Waals surface area contributed by atoms with E-state index >= 15 is 0 Å². The van der Waals surface area contributed by atoms with Crippen LogP contribution in [-0.2, 0) is 0 Å². The smallest absolute Gasteiger partial charge is 0.0914 e. The van der Waals surface area contributed by atoms with Gasteiger partial charge in [-0.2, -0.15) is 0 Å². The number of hydrogen-bond acceptors (Lipinski definition) is 2. The molecule has 1 aliphatic carbocycles. The van der Waals surface area contributed by atoms with Crippen LogP contribution < -0.4 is 0 Å². The molecule has 0 spiro atoms. The largest absolute Gasteiger partial charge is 0.393 e. The van der Waals surface area contributed by atoms with Crippen LogP contribution in [0, 0.1) is 0 Å². The molecule has 0 aromatic heterocycles. The third-order valence-electron chi connectivity index (χ3n) is 1.74. The number of aliphatic hydroxyl groups excluding tert-OH is 1. The highest BCUT2D eigenvalue weighted by Gasteiger charge is 2.25. The minimum atomic E-state index is -0.811. The van der Waals surface area contributed by atoms with Gasteiger partial charge in [0.1, 0.15) is 0 Å². The summed E-state index contributed by atoms with van der Waals surface area (Å²) in [5, 5.41) is 18.0. The molecule has 0 amide bonds. The molecule has 2 nitrogen and oxygen atoms in total. The second-order valence-corrected chi connectivity index (χ2v) is 2.60. The average Bonchev–Trinajstić information content (AvgIpc) is 1.90. The summed E-state index contributed by atoms with van der Waals surface area (Å²) in [7, 11) is 0. The van der Waals surface area contributed by atoms with Crippen LogP contribution >= 0.6 is 0 Å². The third-order valence-corrected chi connectivity index (χ3v) is 1.74. The lowest BCUT2D eigenvalue weighted by molar-refractivity contribution is -0.0208. The van der Waals surface area contributed by atoms with Gasteiger partial charge in [-0.3, -0.25) is 0 Å². The fourth-order valence-electron chi connectivity index (χ4n) is 1.02. The van der Waals surface area contributed by atoms with Crippen molar-refractivity contribution < 1.29 is 10.2 Å². The summed E-state index contributed by atoms with van der Waals surface area (Å²) in [6, 6.07) is 0. The van der Waals surface area contributed by atoms with E-state index < -0.39 is 5.60 Å². The van der Waals surface area contributed by atoms with Gasteiger partial charge < -0.3 is 10.2 Å². The van der Waals surface area contributed by atoms with Crippen molar-refractivity contribution in [3.05, 3.63) is 12.2 Å². The molecule has 0 aromatic carbocycles. The quantitative estimate of drug-likeness (QED) is 0.503. The van der Waals surface area contributed by atoms with Crippen LogP contribution in [0.4, 0.5) is 0 Å². The van der Waals surface area contributed by atoms with Gasteiger partial charge >= 0.3 is 0 Å².